The van der Waals surface area contributed by atoms with Crippen molar-refractivity contribution < 1.29 is 9.47 Å². The van der Waals surface area contributed by atoms with Crippen molar-refractivity contribution >= 4 is 5.69 Å². The highest BCUT2D eigenvalue weighted by molar-refractivity contribution is 5.64. The van der Waals surface area contributed by atoms with Gasteiger partial charge in [-0.1, -0.05) is 97.1 Å². The quantitative estimate of drug-likeness (QED) is 0.452. The van der Waals surface area contributed by atoms with Crippen molar-refractivity contribution in [1.82, 2.24) is 0 Å². The monoisotopic (exact) mass is 393 g/mol. The van der Waals surface area contributed by atoms with Crippen LogP contribution in [0.1, 0.15) is 28.5 Å². The maximum absolute atomic E-state index is 7.01. The van der Waals surface area contributed by atoms with Crippen LogP contribution in [0.4, 0.5) is 5.69 Å². The number of anilines is 1. The molecule has 0 fully saturated rings. The number of hydrogen-bond acceptors (Lipinski definition) is 3. The molecule has 0 aromatic heterocycles. The van der Waals surface area contributed by atoms with Crippen LogP contribution in [0.25, 0.3) is 0 Å². The molecule has 0 saturated carbocycles. The van der Waals surface area contributed by atoms with Crippen molar-refractivity contribution in [1.29, 1.82) is 0 Å². The topological polar surface area (TPSA) is 30.5 Å². The molecule has 3 heteroatoms. The fraction of sp³-hybridized carbons (Fsp3) is 0.111. The minimum absolute atomic E-state index is 0.378. The van der Waals surface area contributed by atoms with E-state index in [1.165, 1.54) is 0 Å². The molecule has 0 aliphatic carbocycles. The summed E-state index contributed by atoms with van der Waals surface area (Å²) in [5.74, 6) is 0.796. The van der Waals surface area contributed by atoms with Gasteiger partial charge in [-0.25, -0.2) is 0 Å². The SMILES string of the molecule is COc1ccccc1C1Nc2ccccc2C(c2ccccc2)(c2ccccc2)O1. The third-order valence-electron chi connectivity index (χ3n) is 5.67. The fourth-order valence-corrected chi connectivity index (χ4v) is 4.31. The number of rotatable bonds is 4. The number of methoxy groups -OCH3 is 1. The summed E-state index contributed by atoms with van der Waals surface area (Å²) >= 11 is 0. The first-order valence-corrected chi connectivity index (χ1v) is 10.1. The van der Waals surface area contributed by atoms with Gasteiger partial charge in [-0.3, -0.25) is 0 Å². The Morgan fingerprint density at radius 1 is 0.700 bits per heavy atom. The molecule has 1 unspecified atom stereocenters. The van der Waals surface area contributed by atoms with Crippen LogP contribution in [0, 0.1) is 0 Å². The summed E-state index contributed by atoms with van der Waals surface area (Å²) in [4.78, 5) is 0. The van der Waals surface area contributed by atoms with E-state index in [4.69, 9.17) is 9.47 Å². The van der Waals surface area contributed by atoms with E-state index >= 15 is 0 Å². The maximum atomic E-state index is 7.01. The number of nitrogens with one attached hydrogen (secondary N) is 1. The van der Waals surface area contributed by atoms with Crippen LogP contribution in [0.15, 0.2) is 109 Å². The largest absolute Gasteiger partial charge is 0.496 e. The van der Waals surface area contributed by atoms with Gasteiger partial charge in [0.2, 0.25) is 0 Å². The highest BCUT2D eigenvalue weighted by Crippen LogP contribution is 2.50. The minimum atomic E-state index is -0.754. The van der Waals surface area contributed by atoms with Crippen LogP contribution in [0.2, 0.25) is 0 Å². The smallest absolute Gasteiger partial charge is 0.159 e. The molecule has 0 saturated heterocycles. The van der Waals surface area contributed by atoms with Crippen LogP contribution < -0.4 is 10.1 Å². The van der Waals surface area contributed by atoms with Crippen molar-refractivity contribution in [3.05, 3.63) is 131 Å². The van der Waals surface area contributed by atoms with Gasteiger partial charge in [0, 0.05) is 16.8 Å². The van der Waals surface area contributed by atoms with Crippen LogP contribution >= 0.6 is 0 Å². The second-order valence-corrected chi connectivity index (χ2v) is 7.34. The first kappa shape index (κ1) is 18.5. The molecule has 0 amide bonds. The number of para-hydroxylation sites is 2. The van der Waals surface area contributed by atoms with E-state index in [1.807, 2.05) is 36.4 Å². The molecule has 4 aromatic rings. The number of hydrogen-bond donors (Lipinski definition) is 1. The molecular weight excluding hydrogens is 370 g/mol. The molecule has 148 valence electrons. The van der Waals surface area contributed by atoms with E-state index in [1.54, 1.807) is 7.11 Å². The van der Waals surface area contributed by atoms with Gasteiger partial charge in [0.25, 0.3) is 0 Å². The molecule has 5 rings (SSSR count). The zero-order chi connectivity index (χ0) is 20.4. The van der Waals surface area contributed by atoms with E-state index in [0.29, 0.717) is 0 Å². The molecule has 1 aliphatic rings. The summed E-state index contributed by atoms with van der Waals surface area (Å²) in [7, 11) is 1.69. The lowest BCUT2D eigenvalue weighted by atomic mass is 9.78. The second kappa shape index (κ2) is 7.69. The van der Waals surface area contributed by atoms with Crippen LogP contribution in [0.5, 0.6) is 5.75 Å². The Kier molecular flexibility index (Phi) is 4.74. The fourth-order valence-electron chi connectivity index (χ4n) is 4.31. The van der Waals surface area contributed by atoms with Gasteiger partial charge in [-0.05, 0) is 23.3 Å². The molecule has 0 bridgehead atoms. The molecule has 4 aromatic carbocycles. The Morgan fingerprint density at radius 2 is 1.27 bits per heavy atom. The molecular formula is C27H23NO2. The standard InChI is InChI=1S/C27H23NO2/c1-29-25-19-11-8-16-22(25)26-28-24-18-10-9-17-23(24)27(30-26,20-12-4-2-5-13-20)21-14-6-3-7-15-21/h2-19,26,28H,1H3. The van der Waals surface area contributed by atoms with Gasteiger partial charge >= 0.3 is 0 Å². The Labute approximate surface area is 176 Å². The lowest BCUT2D eigenvalue weighted by Gasteiger charge is -2.44. The van der Waals surface area contributed by atoms with Crippen molar-refractivity contribution in [2.45, 2.75) is 11.8 Å². The highest BCUT2D eigenvalue weighted by Gasteiger charge is 2.45. The van der Waals surface area contributed by atoms with Gasteiger partial charge in [0.15, 0.2) is 6.23 Å². The van der Waals surface area contributed by atoms with Crippen LogP contribution in [0.3, 0.4) is 0 Å². The van der Waals surface area contributed by atoms with E-state index in [9.17, 15) is 0 Å². The molecule has 1 heterocycles. The number of benzene rings is 4. The molecule has 1 N–H and O–H groups in total. The summed E-state index contributed by atoms with van der Waals surface area (Å²) in [6, 6.07) is 37.2. The van der Waals surface area contributed by atoms with E-state index in [0.717, 1.165) is 33.7 Å². The maximum Gasteiger partial charge on any atom is 0.159 e. The summed E-state index contributed by atoms with van der Waals surface area (Å²) in [5, 5.41) is 3.58. The molecule has 1 aliphatic heterocycles. The molecule has 0 spiro atoms. The van der Waals surface area contributed by atoms with Crippen molar-refractivity contribution in [2.24, 2.45) is 0 Å². The summed E-state index contributed by atoms with van der Waals surface area (Å²) in [5.41, 5.74) is 4.53. The highest BCUT2D eigenvalue weighted by atomic mass is 16.5. The van der Waals surface area contributed by atoms with Gasteiger partial charge in [-0.2, -0.15) is 0 Å². The van der Waals surface area contributed by atoms with Crippen LogP contribution in [-0.2, 0) is 10.3 Å². The van der Waals surface area contributed by atoms with Crippen LogP contribution in [-0.4, -0.2) is 7.11 Å². The Morgan fingerprint density at radius 3 is 1.93 bits per heavy atom. The zero-order valence-electron chi connectivity index (χ0n) is 16.8. The van der Waals surface area contributed by atoms with Gasteiger partial charge < -0.3 is 14.8 Å². The first-order chi connectivity index (χ1) is 14.8. The summed E-state index contributed by atoms with van der Waals surface area (Å²) < 4.78 is 12.7. The first-order valence-electron chi connectivity index (χ1n) is 10.1. The Balaban J connectivity index is 1.78. The van der Waals surface area contributed by atoms with Gasteiger partial charge in [0.1, 0.15) is 11.4 Å². The lowest BCUT2D eigenvalue weighted by Crippen LogP contribution is -2.40. The normalized spacial score (nSPS) is 16.9. The van der Waals surface area contributed by atoms with E-state index < -0.39 is 5.60 Å². The van der Waals surface area contributed by atoms with Crippen molar-refractivity contribution in [3.8, 4) is 5.75 Å². The average Bonchev–Trinajstić information content (AvgIpc) is 2.84. The van der Waals surface area contributed by atoms with E-state index in [2.05, 4.69) is 78.1 Å². The van der Waals surface area contributed by atoms with Crippen molar-refractivity contribution in [3.63, 3.8) is 0 Å². The Hall–Kier alpha value is -3.56. The molecule has 3 nitrogen and oxygen atoms in total. The third-order valence-corrected chi connectivity index (χ3v) is 5.67. The van der Waals surface area contributed by atoms with Crippen molar-refractivity contribution in [2.75, 3.05) is 12.4 Å². The van der Waals surface area contributed by atoms with Gasteiger partial charge in [-0.15, -0.1) is 0 Å². The van der Waals surface area contributed by atoms with Gasteiger partial charge in [0.05, 0.1) is 7.11 Å². The van der Waals surface area contributed by atoms with E-state index in [-0.39, 0.29) is 6.23 Å². The number of ether oxygens (including phenoxy) is 2. The molecule has 0 radical (unpaired) electrons. The average molecular weight is 393 g/mol. The second-order valence-electron chi connectivity index (χ2n) is 7.34. The lowest BCUT2D eigenvalue weighted by molar-refractivity contribution is -0.0440. The zero-order valence-corrected chi connectivity index (χ0v) is 16.8. The Bertz CT molecular complexity index is 1100. The number of fused-ring (bicyclic) bond motifs is 1. The third kappa shape index (κ3) is 2.95. The minimum Gasteiger partial charge on any atom is -0.496 e. The predicted octanol–water partition coefficient (Wildman–Crippen LogP) is 6.13. The summed E-state index contributed by atoms with van der Waals surface area (Å²) in [6.45, 7) is 0. The molecule has 1 atom stereocenters. The predicted molar refractivity (Wildman–Crippen MR) is 120 cm³/mol. The summed E-state index contributed by atoms with van der Waals surface area (Å²) in [6.07, 6.45) is -0.378. The molecule has 30 heavy (non-hydrogen) atoms.